The molecular formula is C20H21N3O6S2. The maximum absolute atomic E-state index is 12.5. The van der Waals surface area contributed by atoms with Gasteiger partial charge in [-0.2, -0.15) is 0 Å². The van der Waals surface area contributed by atoms with Crippen LogP contribution in [0.4, 0.5) is 0 Å². The van der Waals surface area contributed by atoms with Crippen LogP contribution < -0.4 is 5.32 Å². The summed E-state index contributed by atoms with van der Waals surface area (Å²) in [7, 11) is -6.99. The van der Waals surface area contributed by atoms with Gasteiger partial charge in [0.25, 0.3) is 12.0 Å². The van der Waals surface area contributed by atoms with Crippen molar-refractivity contribution in [1.82, 2.24) is 5.32 Å². The van der Waals surface area contributed by atoms with Crippen LogP contribution in [0.5, 0.6) is 0 Å². The molecule has 0 aliphatic carbocycles. The van der Waals surface area contributed by atoms with E-state index in [0.29, 0.717) is 0 Å². The van der Waals surface area contributed by atoms with Gasteiger partial charge in [-0.05, 0) is 24.3 Å². The molecule has 0 spiro atoms. The Morgan fingerprint density at radius 2 is 1.10 bits per heavy atom. The van der Waals surface area contributed by atoms with Crippen LogP contribution in [0.3, 0.4) is 0 Å². The zero-order valence-electron chi connectivity index (χ0n) is 16.4. The van der Waals surface area contributed by atoms with Crippen molar-refractivity contribution < 1.29 is 26.3 Å². The van der Waals surface area contributed by atoms with Crippen LogP contribution in [0.25, 0.3) is 0 Å². The molecule has 0 saturated heterocycles. The molecule has 2 aliphatic heterocycles. The van der Waals surface area contributed by atoms with E-state index in [0.717, 1.165) is 0 Å². The van der Waals surface area contributed by atoms with Gasteiger partial charge in [-0.25, -0.2) is 26.8 Å². The minimum atomic E-state index is -3.49. The van der Waals surface area contributed by atoms with Crippen LogP contribution in [0.2, 0.25) is 0 Å². The molecule has 4 rings (SSSR count). The Morgan fingerprint density at radius 3 is 1.48 bits per heavy atom. The highest BCUT2D eigenvalue weighted by atomic mass is 32.2. The van der Waals surface area contributed by atoms with Crippen molar-refractivity contribution >= 4 is 31.7 Å². The van der Waals surface area contributed by atoms with Gasteiger partial charge in [0, 0.05) is 0 Å². The third kappa shape index (κ3) is 5.23. The van der Waals surface area contributed by atoms with Crippen molar-refractivity contribution in [3.05, 3.63) is 60.7 Å². The van der Waals surface area contributed by atoms with E-state index < -0.39 is 31.8 Å². The predicted molar refractivity (Wildman–Crippen MR) is 114 cm³/mol. The molecule has 164 valence electrons. The molecule has 31 heavy (non-hydrogen) atoms. The van der Waals surface area contributed by atoms with Crippen molar-refractivity contribution in [2.45, 2.75) is 21.9 Å². The van der Waals surface area contributed by atoms with Gasteiger partial charge in [-0.3, -0.25) is 5.32 Å². The number of sulfone groups is 2. The van der Waals surface area contributed by atoms with E-state index in [1.54, 1.807) is 60.7 Å². The van der Waals surface area contributed by atoms with Gasteiger partial charge in [0.2, 0.25) is 0 Å². The minimum Gasteiger partial charge on any atom is -0.463 e. The van der Waals surface area contributed by atoms with Gasteiger partial charge in [-0.15, -0.1) is 0 Å². The van der Waals surface area contributed by atoms with E-state index in [9.17, 15) is 16.8 Å². The van der Waals surface area contributed by atoms with Gasteiger partial charge in [0.1, 0.15) is 25.3 Å². The topological polar surface area (TPSA) is 123 Å². The number of rotatable bonds is 6. The van der Waals surface area contributed by atoms with Gasteiger partial charge < -0.3 is 9.47 Å². The molecule has 11 heteroatoms. The summed E-state index contributed by atoms with van der Waals surface area (Å²) >= 11 is 0. The lowest BCUT2D eigenvalue weighted by atomic mass is 10.4. The molecule has 2 unspecified atom stereocenters. The number of ether oxygens (including phenoxy) is 2. The Kier molecular flexibility index (Phi) is 5.96. The van der Waals surface area contributed by atoms with Crippen LogP contribution in [-0.4, -0.2) is 65.7 Å². The lowest BCUT2D eigenvalue weighted by molar-refractivity contribution is 0.297. The van der Waals surface area contributed by atoms with Crippen LogP contribution in [-0.2, 0) is 29.1 Å². The van der Waals surface area contributed by atoms with E-state index in [2.05, 4.69) is 15.3 Å². The molecule has 0 bridgehead atoms. The molecule has 1 N–H and O–H groups in total. The fraction of sp³-hybridized carbons (Fsp3) is 0.300. The highest BCUT2D eigenvalue weighted by molar-refractivity contribution is 7.91. The largest absolute Gasteiger partial charge is 0.463 e. The molecule has 2 heterocycles. The Bertz CT molecular complexity index is 1100. The van der Waals surface area contributed by atoms with Crippen LogP contribution >= 0.6 is 0 Å². The Balaban J connectivity index is 1.36. The average Bonchev–Trinajstić information content (AvgIpc) is 3.38. The zero-order valence-corrected chi connectivity index (χ0v) is 18.1. The molecule has 2 atom stereocenters. The third-order valence-corrected chi connectivity index (χ3v) is 8.29. The summed E-state index contributed by atoms with van der Waals surface area (Å²) in [5.41, 5.74) is 0. The summed E-state index contributed by atoms with van der Waals surface area (Å²) in [6.45, 7) is 0.209. The van der Waals surface area contributed by atoms with Gasteiger partial charge in [-0.1, -0.05) is 36.4 Å². The Labute approximate surface area is 180 Å². The van der Waals surface area contributed by atoms with Gasteiger partial charge >= 0.3 is 0 Å². The van der Waals surface area contributed by atoms with E-state index in [1.807, 2.05) is 0 Å². The van der Waals surface area contributed by atoms with Crippen molar-refractivity contribution in [3.63, 3.8) is 0 Å². The third-order valence-electron chi connectivity index (χ3n) is 4.67. The molecule has 2 aliphatic rings. The number of nitrogens with zero attached hydrogens (tertiary/aromatic N) is 2. The molecule has 2 aromatic rings. The maximum Gasteiger partial charge on any atom is 0.293 e. The number of amidine groups is 2. The molecular weight excluding hydrogens is 442 g/mol. The van der Waals surface area contributed by atoms with E-state index in [1.165, 1.54) is 0 Å². The highest BCUT2D eigenvalue weighted by Gasteiger charge is 2.30. The second kappa shape index (κ2) is 8.67. The monoisotopic (exact) mass is 463 g/mol. The van der Waals surface area contributed by atoms with Crippen molar-refractivity contribution in [3.8, 4) is 0 Å². The molecule has 0 saturated carbocycles. The number of hydrogen-bond donors (Lipinski definition) is 1. The summed E-state index contributed by atoms with van der Waals surface area (Å²) in [6, 6.07) is 15.4. The van der Waals surface area contributed by atoms with Crippen molar-refractivity contribution in [1.29, 1.82) is 0 Å². The first-order valence-electron chi connectivity index (χ1n) is 9.56. The summed E-state index contributed by atoms with van der Waals surface area (Å²) in [5.74, 6) is -0.374. The Hall–Kier alpha value is -2.92. The maximum atomic E-state index is 12.5. The van der Waals surface area contributed by atoms with Crippen LogP contribution in [0.15, 0.2) is 80.4 Å². The number of benzene rings is 2. The standard InChI is InChI=1S/C20H21N3O6S2/c24-30(25,17-7-3-1-4-8-17)13-15-11-28-19(21-15)23-20-22-16(12-29-20)14-31(26,27)18-9-5-2-6-10-18/h1-10,15-16H,11-14H2,(H,21,22,23). The quantitative estimate of drug-likeness (QED) is 0.679. The lowest BCUT2D eigenvalue weighted by Crippen LogP contribution is -2.30. The molecule has 0 radical (unpaired) electrons. The first-order chi connectivity index (χ1) is 14.8. The van der Waals surface area contributed by atoms with Gasteiger partial charge in [0.15, 0.2) is 19.7 Å². The molecule has 0 amide bonds. The van der Waals surface area contributed by atoms with Crippen LogP contribution in [0.1, 0.15) is 0 Å². The molecule has 9 nitrogen and oxygen atoms in total. The summed E-state index contributed by atoms with van der Waals surface area (Å²) < 4.78 is 60.7. The number of nitrogens with one attached hydrogen (secondary N) is 1. The number of aliphatic imine (C=N–C) groups is 2. The second-order valence-corrected chi connectivity index (χ2v) is 11.2. The SMILES string of the molecule is O=S(=O)(CC1COC(NC2=NC(CS(=O)(=O)c3ccccc3)CO2)=N1)c1ccccc1. The van der Waals surface area contributed by atoms with Gasteiger partial charge in [0.05, 0.1) is 21.3 Å². The smallest absolute Gasteiger partial charge is 0.293 e. The average molecular weight is 464 g/mol. The lowest BCUT2D eigenvalue weighted by Gasteiger charge is -2.06. The molecule has 0 aromatic heterocycles. The number of hydrogen-bond acceptors (Lipinski definition) is 9. The van der Waals surface area contributed by atoms with Crippen LogP contribution in [0, 0.1) is 0 Å². The fourth-order valence-electron chi connectivity index (χ4n) is 3.18. The molecule has 2 aromatic carbocycles. The first-order valence-corrected chi connectivity index (χ1v) is 12.9. The zero-order chi connectivity index (χ0) is 21.9. The van der Waals surface area contributed by atoms with Crippen molar-refractivity contribution in [2.24, 2.45) is 9.98 Å². The summed E-state index contributed by atoms with van der Waals surface area (Å²) in [4.78, 5) is 8.94. The fourth-order valence-corrected chi connectivity index (χ4v) is 6.07. The first kappa shape index (κ1) is 21.3. The normalized spacial score (nSPS) is 21.0. The minimum absolute atomic E-state index is 0.0959. The molecule has 0 fully saturated rings. The summed E-state index contributed by atoms with van der Waals surface area (Å²) in [6.07, 6.45) is 0. The second-order valence-electron chi connectivity index (χ2n) is 7.11. The van der Waals surface area contributed by atoms with Crippen molar-refractivity contribution in [2.75, 3.05) is 24.7 Å². The van der Waals surface area contributed by atoms with E-state index in [4.69, 9.17) is 9.47 Å². The van der Waals surface area contributed by atoms with E-state index >= 15 is 0 Å². The highest BCUT2D eigenvalue weighted by Crippen LogP contribution is 2.17. The Morgan fingerprint density at radius 1 is 0.710 bits per heavy atom. The summed E-state index contributed by atoms with van der Waals surface area (Å²) in [5, 5.41) is 2.75. The van der Waals surface area contributed by atoms with E-state index in [-0.39, 0.29) is 46.6 Å². The predicted octanol–water partition coefficient (Wildman–Crippen LogP) is 1.03.